The van der Waals surface area contributed by atoms with Crippen molar-refractivity contribution in [3.05, 3.63) is 34.3 Å². The number of nitrogens with zero attached hydrogens (tertiary/aromatic N) is 3. The van der Waals surface area contributed by atoms with Crippen molar-refractivity contribution in [3.63, 3.8) is 0 Å². The minimum absolute atomic E-state index is 0.324. The molecule has 1 aromatic carbocycles. The van der Waals surface area contributed by atoms with Crippen LogP contribution in [0.5, 0.6) is 0 Å². The van der Waals surface area contributed by atoms with Crippen LogP contribution in [0.25, 0.3) is 11.4 Å². The molecule has 6 heteroatoms. The van der Waals surface area contributed by atoms with Crippen LogP contribution in [0.15, 0.2) is 22.7 Å². The molecule has 0 amide bonds. The Labute approximate surface area is 113 Å². The summed E-state index contributed by atoms with van der Waals surface area (Å²) in [5.41, 5.74) is -0.353. The van der Waals surface area contributed by atoms with Gasteiger partial charge in [-0.1, -0.05) is 0 Å². The molecule has 96 valence electrons. The predicted octanol–water partition coefficient (Wildman–Crippen LogP) is 2.61. The molecule has 0 spiro atoms. The third-order valence-electron chi connectivity index (χ3n) is 2.59. The SMILES string of the molecule is Cn1c(-c2ccc(F)cc2Br)nnc1C(C)(C)O. The van der Waals surface area contributed by atoms with E-state index < -0.39 is 5.60 Å². The number of aromatic nitrogens is 3. The van der Waals surface area contributed by atoms with E-state index >= 15 is 0 Å². The molecule has 18 heavy (non-hydrogen) atoms. The number of hydrogen-bond donors (Lipinski definition) is 1. The van der Waals surface area contributed by atoms with Gasteiger partial charge in [0.2, 0.25) is 0 Å². The van der Waals surface area contributed by atoms with Gasteiger partial charge in [-0.15, -0.1) is 10.2 Å². The van der Waals surface area contributed by atoms with Crippen LogP contribution >= 0.6 is 15.9 Å². The average molecular weight is 314 g/mol. The molecule has 0 atom stereocenters. The number of halogens is 2. The molecule has 0 aliphatic heterocycles. The molecular formula is C12H13BrFN3O. The van der Waals surface area contributed by atoms with E-state index in [1.165, 1.54) is 12.1 Å². The molecule has 0 saturated heterocycles. The summed E-state index contributed by atoms with van der Waals surface area (Å²) in [7, 11) is 1.76. The summed E-state index contributed by atoms with van der Waals surface area (Å²) in [6.45, 7) is 3.28. The highest BCUT2D eigenvalue weighted by molar-refractivity contribution is 9.10. The topological polar surface area (TPSA) is 50.9 Å². The average Bonchev–Trinajstić information content (AvgIpc) is 2.60. The quantitative estimate of drug-likeness (QED) is 0.927. The summed E-state index contributed by atoms with van der Waals surface area (Å²) in [6.07, 6.45) is 0. The second-order valence-electron chi connectivity index (χ2n) is 4.59. The lowest BCUT2D eigenvalue weighted by Crippen LogP contribution is -2.21. The molecule has 1 heterocycles. The summed E-state index contributed by atoms with van der Waals surface area (Å²) in [4.78, 5) is 0. The first kappa shape index (κ1) is 13.2. The smallest absolute Gasteiger partial charge is 0.164 e. The van der Waals surface area contributed by atoms with E-state index in [1.807, 2.05) is 0 Å². The maximum absolute atomic E-state index is 13.0. The van der Waals surface area contributed by atoms with E-state index in [-0.39, 0.29) is 5.82 Å². The summed E-state index contributed by atoms with van der Waals surface area (Å²) in [5, 5.41) is 18.0. The van der Waals surface area contributed by atoms with Crippen LogP contribution in [0.3, 0.4) is 0 Å². The minimum atomic E-state index is -1.08. The Morgan fingerprint density at radius 1 is 1.33 bits per heavy atom. The maximum atomic E-state index is 13.0. The summed E-state index contributed by atoms with van der Waals surface area (Å²) in [6, 6.07) is 4.35. The molecule has 0 aliphatic rings. The van der Waals surface area contributed by atoms with Gasteiger partial charge in [0.15, 0.2) is 11.6 Å². The van der Waals surface area contributed by atoms with Crippen molar-refractivity contribution in [1.82, 2.24) is 14.8 Å². The standard InChI is InChI=1S/C12H13BrFN3O/c1-12(2,18)11-16-15-10(17(11)3)8-5-4-7(14)6-9(8)13/h4-6,18H,1-3H3. The third-order valence-corrected chi connectivity index (χ3v) is 3.25. The normalized spacial score (nSPS) is 11.9. The fraction of sp³-hybridized carbons (Fsp3) is 0.333. The van der Waals surface area contributed by atoms with Crippen molar-refractivity contribution in [2.75, 3.05) is 0 Å². The van der Waals surface area contributed by atoms with Gasteiger partial charge in [0.05, 0.1) is 0 Å². The van der Waals surface area contributed by atoms with E-state index in [0.717, 1.165) is 5.56 Å². The molecule has 0 radical (unpaired) electrons. The number of benzene rings is 1. The van der Waals surface area contributed by atoms with Crippen molar-refractivity contribution in [2.24, 2.45) is 7.05 Å². The van der Waals surface area contributed by atoms with Crippen molar-refractivity contribution >= 4 is 15.9 Å². The monoisotopic (exact) mass is 313 g/mol. The molecule has 0 aliphatic carbocycles. The van der Waals surface area contributed by atoms with Crippen LogP contribution < -0.4 is 0 Å². The second kappa shape index (κ2) is 4.44. The Kier molecular flexibility index (Phi) is 3.25. The lowest BCUT2D eigenvalue weighted by Gasteiger charge is -2.16. The molecule has 0 unspecified atom stereocenters. The van der Waals surface area contributed by atoms with Gasteiger partial charge in [0, 0.05) is 17.1 Å². The summed E-state index contributed by atoms with van der Waals surface area (Å²) in [5.74, 6) is 0.697. The Hall–Kier alpha value is -1.27. The Bertz CT molecular complexity index is 589. The number of aliphatic hydroxyl groups is 1. The van der Waals surface area contributed by atoms with Crippen LogP contribution in [-0.4, -0.2) is 19.9 Å². The van der Waals surface area contributed by atoms with E-state index in [4.69, 9.17) is 0 Å². The molecule has 1 N–H and O–H groups in total. The predicted molar refractivity (Wildman–Crippen MR) is 69.3 cm³/mol. The van der Waals surface area contributed by atoms with Gasteiger partial charge in [-0.05, 0) is 48.0 Å². The Balaban J connectivity index is 2.56. The van der Waals surface area contributed by atoms with Gasteiger partial charge in [-0.25, -0.2) is 4.39 Å². The maximum Gasteiger partial charge on any atom is 0.164 e. The Morgan fingerprint density at radius 3 is 2.50 bits per heavy atom. The first-order valence-corrected chi connectivity index (χ1v) is 6.17. The second-order valence-corrected chi connectivity index (χ2v) is 5.44. The molecular weight excluding hydrogens is 301 g/mol. The van der Waals surface area contributed by atoms with Crippen molar-refractivity contribution in [1.29, 1.82) is 0 Å². The lowest BCUT2D eigenvalue weighted by molar-refractivity contribution is 0.0655. The number of rotatable bonds is 2. The third kappa shape index (κ3) is 2.30. The first-order valence-electron chi connectivity index (χ1n) is 5.38. The van der Waals surface area contributed by atoms with Crippen LogP contribution in [-0.2, 0) is 12.6 Å². The fourth-order valence-corrected chi connectivity index (χ4v) is 2.30. The van der Waals surface area contributed by atoms with Crippen molar-refractivity contribution in [2.45, 2.75) is 19.4 Å². The lowest BCUT2D eigenvalue weighted by atomic mass is 10.1. The van der Waals surface area contributed by atoms with E-state index in [0.29, 0.717) is 16.1 Å². The van der Waals surface area contributed by atoms with Crippen molar-refractivity contribution in [3.8, 4) is 11.4 Å². The van der Waals surface area contributed by atoms with Gasteiger partial charge >= 0.3 is 0 Å². The van der Waals surface area contributed by atoms with Gasteiger partial charge < -0.3 is 9.67 Å². The Morgan fingerprint density at radius 2 is 2.00 bits per heavy atom. The van der Waals surface area contributed by atoms with Crippen LogP contribution in [0, 0.1) is 5.82 Å². The first-order chi connectivity index (χ1) is 8.30. The van der Waals surface area contributed by atoms with Gasteiger partial charge in [0.25, 0.3) is 0 Å². The summed E-state index contributed by atoms with van der Waals surface area (Å²) < 4.78 is 15.3. The molecule has 1 aromatic heterocycles. The molecule has 4 nitrogen and oxygen atoms in total. The van der Waals surface area contributed by atoms with Crippen LogP contribution in [0.1, 0.15) is 19.7 Å². The largest absolute Gasteiger partial charge is 0.382 e. The number of hydrogen-bond acceptors (Lipinski definition) is 3. The fourth-order valence-electron chi connectivity index (χ4n) is 1.77. The molecule has 2 rings (SSSR count). The van der Waals surface area contributed by atoms with E-state index in [9.17, 15) is 9.50 Å². The minimum Gasteiger partial charge on any atom is -0.382 e. The zero-order valence-electron chi connectivity index (χ0n) is 10.3. The van der Waals surface area contributed by atoms with Crippen molar-refractivity contribution < 1.29 is 9.50 Å². The highest BCUT2D eigenvalue weighted by Gasteiger charge is 2.25. The van der Waals surface area contributed by atoms with E-state index in [2.05, 4.69) is 26.1 Å². The molecule has 0 bridgehead atoms. The van der Waals surface area contributed by atoms with Gasteiger partial charge in [0.1, 0.15) is 11.4 Å². The highest BCUT2D eigenvalue weighted by atomic mass is 79.9. The zero-order chi connectivity index (χ0) is 13.5. The molecule has 2 aromatic rings. The van der Waals surface area contributed by atoms with Gasteiger partial charge in [-0.3, -0.25) is 0 Å². The van der Waals surface area contributed by atoms with E-state index in [1.54, 1.807) is 31.5 Å². The summed E-state index contributed by atoms with van der Waals surface area (Å²) >= 11 is 3.29. The molecule has 0 saturated carbocycles. The van der Waals surface area contributed by atoms with Crippen LogP contribution in [0.4, 0.5) is 4.39 Å². The van der Waals surface area contributed by atoms with Gasteiger partial charge in [-0.2, -0.15) is 0 Å². The molecule has 0 fully saturated rings. The zero-order valence-corrected chi connectivity index (χ0v) is 11.9. The van der Waals surface area contributed by atoms with Crippen LogP contribution in [0.2, 0.25) is 0 Å². The highest BCUT2D eigenvalue weighted by Crippen LogP contribution is 2.29.